The lowest BCUT2D eigenvalue weighted by Gasteiger charge is -2.11. The fraction of sp³-hybridized carbons (Fsp3) is 0.545. The van der Waals surface area contributed by atoms with Crippen LogP contribution in [-0.4, -0.2) is 0 Å². The van der Waals surface area contributed by atoms with E-state index in [4.69, 9.17) is 0 Å². The van der Waals surface area contributed by atoms with Crippen molar-refractivity contribution in [2.24, 2.45) is 0 Å². The third-order valence-electron chi connectivity index (χ3n) is 2.93. The van der Waals surface area contributed by atoms with E-state index in [1.54, 1.807) is 0 Å². The molecule has 1 aliphatic rings. The summed E-state index contributed by atoms with van der Waals surface area (Å²) in [6.45, 7) is 1.87. The molecule has 1 heterocycles. The Labute approximate surface area is 78.8 Å². The van der Waals surface area contributed by atoms with Crippen molar-refractivity contribution < 1.29 is 4.73 Å². The Bertz CT molecular complexity index is 303. The van der Waals surface area contributed by atoms with E-state index >= 15 is 0 Å². The van der Waals surface area contributed by atoms with Gasteiger partial charge in [-0.25, -0.2) is 0 Å². The second kappa shape index (κ2) is 3.36. The van der Waals surface area contributed by atoms with Gasteiger partial charge < -0.3 is 5.21 Å². The quantitative estimate of drug-likeness (QED) is 0.477. The normalized spacial score (nSPS) is 17.9. The summed E-state index contributed by atoms with van der Waals surface area (Å²) in [4.78, 5) is 0. The molecular formula is C11H15NO. The van der Waals surface area contributed by atoms with Gasteiger partial charge in [-0.15, -0.1) is 0 Å². The first-order chi connectivity index (χ1) is 6.29. The van der Waals surface area contributed by atoms with Gasteiger partial charge in [-0.05, 0) is 18.9 Å². The highest BCUT2D eigenvalue weighted by Crippen LogP contribution is 2.32. The highest BCUT2D eigenvalue weighted by molar-refractivity contribution is 5.08. The van der Waals surface area contributed by atoms with Crippen LogP contribution in [0.1, 0.15) is 43.0 Å². The van der Waals surface area contributed by atoms with E-state index in [2.05, 4.69) is 0 Å². The summed E-state index contributed by atoms with van der Waals surface area (Å²) in [6, 6.07) is 5.82. The summed E-state index contributed by atoms with van der Waals surface area (Å²) < 4.78 is 1.09. The van der Waals surface area contributed by atoms with Crippen molar-refractivity contribution in [2.45, 2.75) is 38.5 Å². The van der Waals surface area contributed by atoms with Crippen LogP contribution in [0, 0.1) is 12.1 Å². The van der Waals surface area contributed by atoms with Gasteiger partial charge in [-0.3, -0.25) is 0 Å². The Morgan fingerprint density at radius 1 is 1.31 bits per heavy atom. The maximum Gasteiger partial charge on any atom is 0.196 e. The lowest BCUT2D eigenvalue weighted by molar-refractivity contribution is -0.622. The Morgan fingerprint density at radius 3 is 2.69 bits per heavy atom. The van der Waals surface area contributed by atoms with Crippen LogP contribution in [0.3, 0.4) is 0 Å². The van der Waals surface area contributed by atoms with Crippen molar-refractivity contribution in [1.82, 2.24) is 0 Å². The highest BCUT2D eigenvalue weighted by Gasteiger charge is 2.23. The van der Waals surface area contributed by atoms with E-state index in [0.717, 1.165) is 16.1 Å². The second-order valence-corrected chi connectivity index (χ2v) is 3.87. The molecule has 0 radical (unpaired) electrons. The molecule has 0 N–H and O–H groups in total. The van der Waals surface area contributed by atoms with Crippen molar-refractivity contribution in [3.05, 3.63) is 34.8 Å². The Morgan fingerprint density at radius 2 is 2.00 bits per heavy atom. The average Bonchev–Trinajstić information content (AvgIpc) is 2.62. The zero-order valence-corrected chi connectivity index (χ0v) is 7.99. The summed E-state index contributed by atoms with van der Waals surface area (Å²) in [5, 5.41) is 11.7. The van der Waals surface area contributed by atoms with E-state index in [-0.39, 0.29) is 0 Å². The molecule has 0 saturated heterocycles. The van der Waals surface area contributed by atoms with E-state index in [0.29, 0.717) is 5.92 Å². The Kier molecular flexibility index (Phi) is 2.21. The van der Waals surface area contributed by atoms with E-state index in [9.17, 15) is 5.21 Å². The molecule has 0 aromatic carbocycles. The molecule has 0 unspecified atom stereocenters. The third kappa shape index (κ3) is 1.53. The van der Waals surface area contributed by atoms with Crippen LogP contribution in [-0.2, 0) is 0 Å². The van der Waals surface area contributed by atoms with Gasteiger partial charge in [0.25, 0.3) is 0 Å². The van der Waals surface area contributed by atoms with E-state index < -0.39 is 0 Å². The maximum atomic E-state index is 11.7. The Hall–Kier alpha value is -1.05. The molecule has 1 aromatic rings. The average molecular weight is 177 g/mol. The molecule has 0 atom stereocenters. The monoisotopic (exact) mass is 177 g/mol. The van der Waals surface area contributed by atoms with Gasteiger partial charge in [0.2, 0.25) is 0 Å². The van der Waals surface area contributed by atoms with Crippen LogP contribution in [0.15, 0.2) is 18.2 Å². The van der Waals surface area contributed by atoms with Crippen molar-refractivity contribution in [2.75, 3.05) is 0 Å². The molecule has 1 fully saturated rings. The van der Waals surface area contributed by atoms with Crippen LogP contribution in [0.2, 0.25) is 0 Å². The van der Waals surface area contributed by atoms with Crippen molar-refractivity contribution in [3.8, 4) is 0 Å². The van der Waals surface area contributed by atoms with Gasteiger partial charge in [0.1, 0.15) is 0 Å². The van der Waals surface area contributed by atoms with Crippen LogP contribution in [0.4, 0.5) is 0 Å². The number of aryl methyl sites for hydroxylation is 1. The minimum atomic E-state index is 0.511. The van der Waals surface area contributed by atoms with Crippen LogP contribution in [0.25, 0.3) is 0 Å². The zero-order chi connectivity index (χ0) is 9.26. The van der Waals surface area contributed by atoms with Gasteiger partial charge in [-0.1, -0.05) is 12.8 Å². The maximum absolute atomic E-state index is 11.7. The lowest BCUT2D eigenvalue weighted by Crippen LogP contribution is -2.36. The number of aromatic nitrogens is 1. The molecule has 0 amide bonds. The number of nitrogens with zero attached hydrogens (tertiary/aromatic N) is 1. The molecule has 0 aliphatic heterocycles. The number of hydrogen-bond donors (Lipinski definition) is 0. The first-order valence-corrected chi connectivity index (χ1v) is 4.98. The SMILES string of the molecule is Cc1cccc(C2CCCC2)[n+]1[O-]. The van der Waals surface area contributed by atoms with Gasteiger partial charge in [0.15, 0.2) is 11.4 Å². The van der Waals surface area contributed by atoms with Crippen LogP contribution < -0.4 is 4.73 Å². The number of rotatable bonds is 1. The van der Waals surface area contributed by atoms with Gasteiger partial charge in [0, 0.05) is 25.0 Å². The fourth-order valence-corrected chi connectivity index (χ4v) is 2.15. The molecule has 70 valence electrons. The van der Waals surface area contributed by atoms with Gasteiger partial charge in [-0.2, -0.15) is 4.73 Å². The topological polar surface area (TPSA) is 26.9 Å². The summed E-state index contributed by atoms with van der Waals surface area (Å²) >= 11 is 0. The molecule has 1 aliphatic carbocycles. The first-order valence-electron chi connectivity index (χ1n) is 4.98. The first kappa shape index (κ1) is 8.54. The minimum absolute atomic E-state index is 0.511. The van der Waals surface area contributed by atoms with Gasteiger partial charge in [0.05, 0.1) is 0 Å². The molecule has 2 nitrogen and oxygen atoms in total. The summed E-state index contributed by atoms with van der Waals surface area (Å²) in [5.74, 6) is 0.511. The molecule has 0 bridgehead atoms. The second-order valence-electron chi connectivity index (χ2n) is 3.87. The molecule has 13 heavy (non-hydrogen) atoms. The van der Waals surface area contributed by atoms with E-state index in [1.807, 2.05) is 25.1 Å². The lowest BCUT2D eigenvalue weighted by atomic mass is 10.0. The predicted octanol–water partition coefficient (Wildman–Crippen LogP) is 2.29. The predicted molar refractivity (Wildman–Crippen MR) is 51.3 cm³/mol. The molecule has 1 saturated carbocycles. The molecule has 0 spiro atoms. The number of pyridine rings is 1. The van der Waals surface area contributed by atoms with Crippen molar-refractivity contribution in [1.29, 1.82) is 0 Å². The molecule has 1 aromatic heterocycles. The van der Waals surface area contributed by atoms with Gasteiger partial charge >= 0.3 is 0 Å². The largest absolute Gasteiger partial charge is 0.618 e. The van der Waals surface area contributed by atoms with Crippen LogP contribution in [0.5, 0.6) is 0 Å². The van der Waals surface area contributed by atoms with Crippen LogP contribution >= 0.6 is 0 Å². The molecular weight excluding hydrogens is 162 g/mol. The smallest absolute Gasteiger partial charge is 0.196 e. The van der Waals surface area contributed by atoms with Crippen molar-refractivity contribution >= 4 is 0 Å². The van der Waals surface area contributed by atoms with E-state index in [1.165, 1.54) is 25.7 Å². The fourth-order valence-electron chi connectivity index (χ4n) is 2.15. The zero-order valence-electron chi connectivity index (χ0n) is 7.99. The molecule has 2 rings (SSSR count). The Balaban J connectivity index is 2.33. The summed E-state index contributed by atoms with van der Waals surface area (Å²) in [7, 11) is 0. The standard InChI is InChI=1S/C11H15NO/c1-9-5-4-8-11(12(9)13)10-6-2-3-7-10/h4-5,8,10H,2-3,6-7H2,1H3. The summed E-state index contributed by atoms with van der Waals surface area (Å²) in [6.07, 6.45) is 4.93. The highest BCUT2D eigenvalue weighted by atomic mass is 16.5. The minimum Gasteiger partial charge on any atom is -0.618 e. The summed E-state index contributed by atoms with van der Waals surface area (Å²) in [5.41, 5.74) is 1.78. The molecule has 2 heteroatoms. The number of hydrogen-bond acceptors (Lipinski definition) is 1. The third-order valence-corrected chi connectivity index (χ3v) is 2.93. The van der Waals surface area contributed by atoms with Crippen molar-refractivity contribution in [3.63, 3.8) is 0 Å².